The van der Waals surface area contributed by atoms with Gasteiger partial charge in [-0.05, 0) is 53.5 Å². The molecule has 2 aromatic carbocycles. The van der Waals surface area contributed by atoms with Gasteiger partial charge in [-0.2, -0.15) is 0 Å². The standard InChI is InChI=1S/C21H26O/c1-3-5-9-16-13-19-17-12-8-7-10-15(17)14-20(19)21(22)18(16)11-6-4-2/h7-8,10,12-13,22H,3-6,9,11,14H2,1-2H3. The molecule has 3 rings (SSSR count). The van der Waals surface area contributed by atoms with Crippen molar-refractivity contribution in [3.63, 3.8) is 0 Å². The third-order valence-electron chi connectivity index (χ3n) is 4.86. The lowest BCUT2D eigenvalue weighted by Crippen LogP contribution is -1.99. The summed E-state index contributed by atoms with van der Waals surface area (Å²) < 4.78 is 0. The number of benzene rings is 2. The number of hydrogen-bond acceptors (Lipinski definition) is 1. The Balaban J connectivity index is 2.08. The maximum Gasteiger partial charge on any atom is 0.123 e. The molecule has 22 heavy (non-hydrogen) atoms. The molecule has 0 amide bonds. The van der Waals surface area contributed by atoms with E-state index < -0.39 is 0 Å². The lowest BCUT2D eigenvalue weighted by Gasteiger charge is -2.16. The Hall–Kier alpha value is -1.76. The molecule has 0 atom stereocenters. The lowest BCUT2D eigenvalue weighted by molar-refractivity contribution is 0.460. The summed E-state index contributed by atoms with van der Waals surface area (Å²) in [4.78, 5) is 0. The molecule has 0 fully saturated rings. The first-order valence-corrected chi connectivity index (χ1v) is 8.71. The Bertz CT molecular complexity index is 670. The Morgan fingerprint density at radius 1 is 0.955 bits per heavy atom. The van der Waals surface area contributed by atoms with E-state index in [0.29, 0.717) is 5.75 Å². The number of hydrogen-bond donors (Lipinski definition) is 1. The van der Waals surface area contributed by atoms with Crippen molar-refractivity contribution >= 4 is 0 Å². The van der Waals surface area contributed by atoms with Gasteiger partial charge in [-0.3, -0.25) is 0 Å². The minimum atomic E-state index is 0.577. The van der Waals surface area contributed by atoms with E-state index in [1.54, 1.807) is 0 Å². The number of unbranched alkanes of at least 4 members (excludes halogenated alkanes) is 2. The fourth-order valence-electron chi connectivity index (χ4n) is 3.58. The van der Waals surface area contributed by atoms with Crippen molar-refractivity contribution in [2.45, 2.75) is 58.8 Å². The monoisotopic (exact) mass is 294 g/mol. The van der Waals surface area contributed by atoms with Crippen LogP contribution in [0.25, 0.3) is 11.1 Å². The van der Waals surface area contributed by atoms with Gasteiger partial charge < -0.3 is 5.11 Å². The van der Waals surface area contributed by atoms with E-state index in [1.165, 1.54) is 47.1 Å². The predicted octanol–water partition coefficient (Wildman–Crippen LogP) is 5.65. The first-order valence-electron chi connectivity index (χ1n) is 8.71. The summed E-state index contributed by atoms with van der Waals surface area (Å²) in [6.07, 6.45) is 7.68. The molecule has 1 heteroatoms. The molecular formula is C21H26O. The highest BCUT2D eigenvalue weighted by Gasteiger charge is 2.24. The SMILES string of the molecule is CCCCc1cc2c(c(O)c1CCCC)Cc1ccccc1-2. The summed E-state index contributed by atoms with van der Waals surface area (Å²) in [5.74, 6) is 0.577. The zero-order valence-electron chi connectivity index (χ0n) is 13.8. The van der Waals surface area contributed by atoms with Gasteiger partial charge in [0.05, 0.1) is 0 Å². The molecule has 2 aromatic rings. The van der Waals surface area contributed by atoms with Crippen molar-refractivity contribution in [1.29, 1.82) is 0 Å². The van der Waals surface area contributed by atoms with E-state index in [2.05, 4.69) is 44.2 Å². The van der Waals surface area contributed by atoms with Gasteiger partial charge in [0.15, 0.2) is 0 Å². The maximum absolute atomic E-state index is 10.9. The largest absolute Gasteiger partial charge is 0.507 e. The molecule has 0 aromatic heterocycles. The van der Waals surface area contributed by atoms with Crippen molar-refractivity contribution in [3.8, 4) is 16.9 Å². The van der Waals surface area contributed by atoms with Crippen LogP contribution in [0.3, 0.4) is 0 Å². The third-order valence-corrected chi connectivity index (χ3v) is 4.86. The fourth-order valence-corrected chi connectivity index (χ4v) is 3.58. The Morgan fingerprint density at radius 2 is 1.68 bits per heavy atom. The molecule has 1 N–H and O–H groups in total. The van der Waals surface area contributed by atoms with Crippen LogP contribution in [-0.4, -0.2) is 5.11 Å². The zero-order valence-corrected chi connectivity index (χ0v) is 13.8. The third kappa shape index (κ3) is 2.65. The highest BCUT2D eigenvalue weighted by Crippen LogP contribution is 2.44. The van der Waals surface area contributed by atoms with Gasteiger partial charge >= 0.3 is 0 Å². The predicted molar refractivity (Wildman–Crippen MR) is 93.6 cm³/mol. The number of phenols is 1. The second-order valence-corrected chi connectivity index (χ2v) is 6.43. The molecule has 1 aliphatic carbocycles. The van der Waals surface area contributed by atoms with Gasteiger partial charge in [-0.15, -0.1) is 0 Å². The molecule has 0 bridgehead atoms. The van der Waals surface area contributed by atoms with Gasteiger partial charge in [0.1, 0.15) is 5.75 Å². The summed E-state index contributed by atoms with van der Waals surface area (Å²) in [5, 5.41) is 10.9. The summed E-state index contributed by atoms with van der Waals surface area (Å²) in [6.45, 7) is 4.44. The van der Waals surface area contributed by atoms with Crippen molar-refractivity contribution in [3.05, 3.63) is 52.6 Å². The van der Waals surface area contributed by atoms with E-state index in [0.717, 1.165) is 31.2 Å². The first-order chi connectivity index (χ1) is 10.8. The average molecular weight is 294 g/mol. The van der Waals surface area contributed by atoms with Gasteiger partial charge in [0.2, 0.25) is 0 Å². The van der Waals surface area contributed by atoms with Crippen molar-refractivity contribution < 1.29 is 5.11 Å². The van der Waals surface area contributed by atoms with E-state index in [9.17, 15) is 5.11 Å². The van der Waals surface area contributed by atoms with Crippen molar-refractivity contribution in [2.75, 3.05) is 0 Å². The molecule has 0 spiro atoms. The summed E-state index contributed by atoms with van der Waals surface area (Å²) in [7, 11) is 0. The fraction of sp³-hybridized carbons (Fsp3) is 0.429. The molecule has 0 saturated carbocycles. The van der Waals surface area contributed by atoms with Crippen LogP contribution in [0.15, 0.2) is 30.3 Å². The maximum atomic E-state index is 10.9. The smallest absolute Gasteiger partial charge is 0.123 e. The summed E-state index contributed by atoms with van der Waals surface area (Å²) >= 11 is 0. The lowest BCUT2D eigenvalue weighted by atomic mass is 9.91. The van der Waals surface area contributed by atoms with Crippen LogP contribution < -0.4 is 0 Å². The van der Waals surface area contributed by atoms with Gasteiger partial charge in [0.25, 0.3) is 0 Å². The molecule has 0 aliphatic heterocycles. The van der Waals surface area contributed by atoms with Gasteiger partial charge in [0, 0.05) is 12.0 Å². The van der Waals surface area contributed by atoms with Crippen LogP contribution in [0, 0.1) is 0 Å². The van der Waals surface area contributed by atoms with Gasteiger partial charge in [-0.25, -0.2) is 0 Å². The van der Waals surface area contributed by atoms with Crippen LogP contribution in [0.5, 0.6) is 5.75 Å². The van der Waals surface area contributed by atoms with Crippen molar-refractivity contribution in [2.24, 2.45) is 0 Å². The van der Waals surface area contributed by atoms with E-state index in [-0.39, 0.29) is 0 Å². The number of aromatic hydroxyl groups is 1. The molecule has 0 radical (unpaired) electrons. The number of phenolic OH excluding ortho intramolecular Hbond substituents is 1. The Morgan fingerprint density at radius 3 is 2.45 bits per heavy atom. The summed E-state index contributed by atoms with van der Waals surface area (Å²) in [6, 6.07) is 10.9. The highest BCUT2D eigenvalue weighted by molar-refractivity contribution is 5.80. The van der Waals surface area contributed by atoms with Crippen molar-refractivity contribution in [1.82, 2.24) is 0 Å². The molecule has 1 nitrogen and oxygen atoms in total. The molecule has 116 valence electrons. The summed E-state index contributed by atoms with van der Waals surface area (Å²) in [5.41, 5.74) is 7.64. The molecular weight excluding hydrogens is 268 g/mol. The highest BCUT2D eigenvalue weighted by atomic mass is 16.3. The Kier molecular flexibility index (Phi) is 4.52. The van der Waals surface area contributed by atoms with E-state index >= 15 is 0 Å². The number of aryl methyl sites for hydroxylation is 1. The minimum absolute atomic E-state index is 0.577. The normalized spacial score (nSPS) is 12.3. The van der Waals surface area contributed by atoms with Gasteiger partial charge in [-0.1, -0.05) is 57.0 Å². The topological polar surface area (TPSA) is 20.2 Å². The average Bonchev–Trinajstić information content (AvgIpc) is 2.91. The quantitative estimate of drug-likeness (QED) is 0.623. The number of fused-ring (bicyclic) bond motifs is 3. The van der Waals surface area contributed by atoms with Crippen LogP contribution >= 0.6 is 0 Å². The van der Waals surface area contributed by atoms with E-state index in [4.69, 9.17) is 0 Å². The van der Waals surface area contributed by atoms with Crippen LogP contribution in [0.2, 0.25) is 0 Å². The molecule has 1 aliphatic rings. The minimum Gasteiger partial charge on any atom is -0.507 e. The molecule has 0 saturated heterocycles. The molecule has 0 unspecified atom stereocenters. The second-order valence-electron chi connectivity index (χ2n) is 6.43. The van der Waals surface area contributed by atoms with Crippen LogP contribution in [-0.2, 0) is 19.3 Å². The van der Waals surface area contributed by atoms with Crippen LogP contribution in [0.4, 0.5) is 0 Å². The van der Waals surface area contributed by atoms with Crippen LogP contribution in [0.1, 0.15) is 61.8 Å². The zero-order chi connectivity index (χ0) is 15.5. The van der Waals surface area contributed by atoms with E-state index in [1.807, 2.05) is 0 Å². The second kappa shape index (κ2) is 6.56. The molecule has 0 heterocycles. The Labute approximate surface area is 134 Å². The first kappa shape index (κ1) is 15.1. The number of rotatable bonds is 6.